The van der Waals surface area contributed by atoms with Crippen molar-refractivity contribution in [2.45, 2.75) is 52.6 Å². The second kappa shape index (κ2) is 3.78. The van der Waals surface area contributed by atoms with Crippen molar-refractivity contribution in [3.8, 4) is 0 Å². The Hall–Kier alpha value is -0.935. The van der Waals surface area contributed by atoms with Gasteiger partial charge in [-0.15, -0.1) is 0 Å². The predicted octanol–water partition coefficient (Wildman–Crippen LogP) is 1.39. The predicted molar refractivity (Wildman–Crippen MR) is 67.2 cm³/mol. The van der Waals surface area contributed by atoms with Gasteiger partial charge in [-0.3, -0.25) is 0 Å². The van der Waals surface area contributed by atoms with Gasteiger partial charge in [0.05, 0.1) is 11.2 Å². The van der Waals surface area contributed by atoms with Crippen LogP contribution in [0.3, 0.4) is 0 Å². The third-order valence-corrected chi connectivity index (χ3v) is 3.32. The van der Waals surface area contributed by atoms with Crippen LogP contribution in [-0.2, 0) is 9.31 Å². The molecule has 0 bridgehead atoms. The first kappa shape index (κ1) is 6.85. The van der Waals surface area contributed by atoms with Gasteiger partial charge in [0.1, 0.15) is 5.82 Å². The van der Waals surface area contributed by atoms with E-state index in [0.29, 0.717) is 0 Å². The summed E-state index contributed by atoms with van der Waals surface area (Å²) in [5.41, 5.74) is -1.56. The van der Waals surface area contributed by atoms with E-state index >= 15 is 0 Å². The molecule has 5 heteroatoms. The van der Waals surface area contributed by atoms with Crippen LogP contribution in [0.4, 0.5) is 0 Å². The van der Waals surface area contributed by atoms with Crippen LogP contribution in [0.2, 0.25) is 0 Å². The van der Waals surface area contributed by atoms with Crippen molar-refractivity contribution in [3.05, 3.63) is 17.7 Å². The summed E-state index contributed by atoms with van der Waals surface area (Å²) >= 11 is 0. The molecule has 0 amide bonds. The zero-order valence-corrected chi connectivity index (χ0v) is 10.4. The normalized spacial score (nSPS) is 28.6. The highest BCUT2D eigenvalue weighted by molar-refractivity contribution is 6.62. The Morgan fingerprint density at radius 1 is 1.18 bits per heavy atom. The molecule has 0 aromatic carbocycles. The largest absolute Gasteiger partial charge is 0.498 e. The number of aryl methyl sites for hydroxylation is 2. The highest BCUT2D eigenvalue weighted by atomic mass is 16.7. The van der Waals surface area contributed by atoms with E-state index in [-0.39, 0.29) is 11.2 Å². The zero-order valence-electron chi connectivity index (χ0n) is 16.4. The first-order valence-electron chi connectivity index (χ1n) is 8.39. The molecular formula is C12H19BN2O2. The monoisotopic (exact) mass is 240 g/mol. The Labute approximate surface area is 111 Å². The van der Waals surface area contributed by atoms with Crippen LogP contribution in [0.15, 0.2) is 6.20 Å². The molecule has 0 spiro atoms. The van der Waals surface area contributed by atoms with E-state index in [1.165, 1.54) is 6.20 Å². The SMILES string of the molecule is [2H]C([2H])([2H])c1ncc(B2OC(C)(C)C(C)(C)O2)c(C([2H])([2H])[2H])n1. The Kier molecular flexibility index (Phi) is 1.53. The summed E-state index contributed by atoms with van der Waals surface area (Å²) in [7, 11) is -0.971. The van der Waals surface area contributed by atoms with Crippen LogP contribution >= 0.6 is 0 Å². The smallest absolute Gasteiger partial charge is 0.399 e. The van der Waals surface area contributed by atoms with E-state index in [4.69, 9.17) is 17.5 Å². The summed E-state index contributed by atoms with van der Waals surface area (Å²) in [5.74, 6) is -0.510. The Balaban J connectivity index is 2.52. The number of nitrogens with zero attached hydrogens (tertiary/aromatic N) is 2. The fourth-order valence-corrected chi connectivity index (χ4v) is 1.53. The highest BCUT2D eigenvalue weighted by Crippen LogP contribution is 2.36. The van der Waals surface area contributed by atoms with Crippen molar-refractivity contribution in [1.82, 2.24) is 9.97 Å². The molecule has 1 saturated heterocycles. The van der Waals surface area contributed by atoms with E-state index < -0.39 is 37.8 Å². The summed E-state index contributed by atoms with van der Waals surface area (Å²) in [4.78, 5) is 7.54. The molecule has 17 heavy (non-hydrogen) atoms. The van der Waals surface area contributed by atoms with Crippen LogP contribution in [0, 0.1) is 13.7 Å². The molecular weight excluding hydrogens is 215 g/mol. The lowest BCUT2D eigenvalue weighted by Gasteiger charge is -2.32. The lowest BCUT2D eigenvalue weighted by atomic mass is 9.79. The van der Waals surface area contributed by atoms with E-state index in [0.717, 1.165) is 0 Å². The molecule has 1 aromatic rings. The van der Waals surface area contributed by atoms with Gasteiger partial charge in [0, 0.05) is 25.6 Å². The average molecular weight is 240 g/mol. The van der Waals surface area contributed by atoms with Crippen LogP contribution in [0.5, 0.6) is 0 Å². The fourth-order valence-electron chi connectivity index (χ4n) is 1.53. The van der Waals surface area contributed by atoms with E-state index in [9.17, 15) is 0 Å². The summed E-state index contributed by atoms with van der Waals surface area (Å²) in [6.07, 6.45) is 1.17. The molecule has 0 aliphatic carbocycles. The number of hydrogen-bond acceptors (Lipinski definition) is 4. The zero-order chi connectivity index (χ0) is 17.8. The summed E-state index contributed by atoms with van der Waals surface area (Å²) in [6, 6.07) is 0. The van der Waals surface area contributed by atoms with Gasteiger partial charge in [-0.05, 0) is 41.4 Å². The highest BCUT2D eigenvalue weighted by Gasteiger charge is 2.52. The Morgan fingerprint density at radius 2 is 1.82 bits per heavy atom. The maximum absolute atomic E-state index is 7.62. The van der Waals surface area contributed by atoms with Gasteiger partial charge in [0.15, 0.2) is 0 Å². The van der Waals surface area contributed by atoms with Crippen molar-refractivity contribution < 1.29 is 17.5 Å². The summed E-state index contributed by atoms with van der Waals surface area (Å²) in [6.45, 7) is 2.13. The Bertz CT molecular complexity index is 599. The minimum Gasteiger partial charge on any atom is -0.399 e. The van der Waals surface area contributed by atoms with Crippen molar-refractivity contribution in [2.75, 3.05) is 0 Å². The summed E-state index contributed by atoms with van der Waals surface area (Å²) in [5, 5.41) is 0. The molecule has 1 aliphatic heterocycles. The second-order valence-corrected chi connectivity index (χ2v) is 5.09. The number of aromatic nitrogens is 2. The molecule has 1 aromatic heterocycles. The van der Waals surface area contributed by atoms with Gasteiger partial charge in [0.2, 0.25) is 0 Å². The minimum absolute atomic E-state index is 0.122. The standard InChI is InChI=1S/C12H19BN2O2/c1-8-10(7-14-9(2)15-8)13-16-11(3,4)12(5,6)17-13/h7H,1-6H3/i1D3,2D3. The minimum atomic E-state index is -2.61. The second-order valence-electron chi connectivity index (χ2n) is 5.09. The van der Waals surface area contributed by atoms with E-state index in [2.05, 4.69) is 9.97 Å². The van der Waals surface area contributed by atoms with Gasteiger partial charge in [0.25, 0.3) is 0 Å². The van der Waals surface area contributed by atoms with E-state index in [1.54, 1.807) is 0 Å². The van der Waals surface area contributed by atoms with Gasteiger partial charge in [-0.25, -0.2) is 9.97 Å². The topological polar surface area (TPSA) is 44.2 Å². The molecule has 0 unspecified atom stereocenters. The van der Waals surface area contributed by atoms with Crippen molar-refractivity contribution >= 4 is 12.6 Å². The first-order valence-corrected chi connectivity index (χ1v) is 5.39. The quantitative estimate of drug-likeness (QED) is 0.696. The third kappa shape index (κ3) is 2.09. The van der Waals surface area contributed by atoms with Crippen LogP contribution in [-0.4, -0.2) is 28.3 Å². The number of hydrogen-bond donors (Lipinski definition) is 0. The number of rotatable bonds is 1. The first-order chi connectivity index (χ1) is 10.2. The van der Waals surface area contributed by atoms with Crippen LogP contribution in [0.1, 0.15) is 47.4 Å². The molecule has 1 aliphatic rings. The molecule has 1 fully saturated rings. The molecule has 2 rings (SSSR count). The van der Waals surface area contributed by atoms with Crippen molar-refractivity contribution in [3.63, 3.8) is 0 Å². The van der Waals surface area contributed by atoms with Crippen LogP contribution in [0.25, 0.3) is 0 Å². The molecule has 0 saturated carbocycles. The maximum atomic E-state index is 7.62. The van der Waals surface area contributed by atoms with Gasteiger partial charge in [-0.1, -0.05) is 0 Å². The molecule has 92 valence electrons. The van der Waals surface area contributed by atoms with Crippen molar-refractivity contribution in [2.24, 2.45) is 0 Å². The Morgan fingerprint density at radius 3 is 2.35 bits per heavy atom. The average Bonchev–Trinajstić information content (AvgIpc) is 2.55. The van der Waals surface area contributed by atoms with Gasteiger partial charge >= 0.3 is 7.12 Å². The maximum Gasteiger partial charge on any atom is 0.498 e. The van der Waals surface area contributed by atoms with Crippen LogP contribution < -0.4 is 5.46 Å². The third-order valence-electron chi connectivity index (χ3n) is 3.32. The molecule has 0 radical (unpaired) electrons. The lowest BCUT2D eigenvalue weighted by molar-refractivity contribution is 0.00578. The molecule has 4 nitrogen and oxygen atoms in total. The van der Waals surface area contributed by atoms with Gasteiger partial charge in [-0.2, -0.15) is 0 Å². The molecule has 2 heterocycles. The fraction of sp³-hybridized carbons (Fsp3) is 0.667. The van der Waals surface area contributed by atoms with E-state index in [1.807, 2.05) is 27.7 Å². The summed E-state index contributed by atoms with van der Waals surface area (Å²) < 4.78 is 56.5. The molecule has 0 N–H and O–H groups in total. The van der Waals surface area contributed by atoms with Crippen molar-refractivity contribution in [1.29, 1.82) is 0 Å². The molecule has 0 atom stereocenters. The van der Waals surface area contributed by atoms with Gasteiger partial charge < -0.3 is 9.31 Å². The lowest BCUT2D eigenvalue weighted by Crippen LogP contribution is -2.41.